The van der Waals surface area contributed by atoms with Crippen LogP contribution >= 0.6 is 0 Å². The van der Waals surface area contributed by atoms with Gasteiger partial charge in [-0.15, -0.1) is 0 Å². The molecule has 0 aromatic carbocycles. The summed E-state index contributed by atoms with van der Waals surface area (Å²) >= 11 is 0. The number of ether oxygens (including phenoxy) is 1. The van der Waals surface area contributed by atoms with Crippen molar-refractivity contribution in [3.8, 4) is 0 Å². The molecule has 0 amide bonds. The van der Waals surface area contributed by atoms with Gasteiger partial charge in [0.25, 0.3) is 0 Å². The van der Waals surface area contributed by atoms with Gasteiger partial charge in [-0.2, -0.15) is 0 Å². The molecule has 2 atom stereocenters. The standard InChI is InChI=1S/C8H10O9.2Na/c9-5(10)1-3(7(13)14)17-4(8(15)16)2-6(11)12;;/h3-4H,1-2H2,(H,9,10)(H,11,12)(H,13,14)(H,15,16);;/q;2*+1/p-4. The number of hydrogen-bond donors (Lipinski definition) is 0. The summed E-state index contributed by atoms with van der Waals surface area (Å²) in [6, 6.07) is 0. The molecule has 0 fully saturated rings. The summed E-state index contributed by atoms with van der Waals surface area (Å²) in [7, 11) is 0. The third-order valence-electron chi connectivity index (χ3n) is 1.56. The van der Waals surface area contributed by atoms with E-state index in [1.54, 1.807) is 0 Å². The second-order valence-corrected chi connectivity index (χ2v) is 2.90. The summed E-state index contributed by atoms with van der Waals surface area (Å²) in [6.45, 7) is 0. The summed E-state index contributed by atoms with van der Waals surface area (Å²) in [5.41, 5.74) is 0. The first-order valence-electron chi connectivity index (χ1n) is 4.21. The van der Waals surface area contributed by atoms with Crippen LogP contribution < -0.4 is 79.5 Å². The molecule has 19 heavy (non-hydrogen) atoms. The van der Waals surface area contributed by atoms with E-state index in [9.17, 15) is 39.6 Å². The molecule has 0 aliphatic rings. The Hall–Kier alpha value is -0.160. The van der Waals surface area contributed by atoms with Crippen molar-refractivity contribution in [2.45, 2.75) is 25.0 Å². The molecule has 0 aliphatic carbocycles. The van der Waals surface area contributed by atoms with Crippen molar-refractivity contribution in [1.29, 1.82) is 0 Å². The van der Waals surface area contributed by atoms with E-state index in [0.717, 1.165) is 0 Å². The number of carbonyl (C=O) groups excluding carboxylic acids is 4. The minimum atomic E-state index is -2.15. The van der Waals surface area contributed by atoms with Crippen molar-refractivity contribution in [1.82, 2.24) is 0 Å². The van der Waals surface area contributed by atoms with Crippen molar-refractivity contribution >= 4 is 23.9 Å². The van der Waals surface area contributed by atoms with Crippen molar-refractivity contribution in [2.75, 3.05) is 0 Å². The van der Waals surface area contributed by atoms with Gasteiger partial charge in [0.05, 0.1) is 11.9 Å². The van der Waals surface area contributed by atoms with E-state index in [1.165, 1.54) is 0 Å². The molecule has 9 nitrogen and oxygen atoms in total. The van der Waals surface area contributed by atoms with Crippen LogP contribution in [-0.4, -0.2) is 36.1 Å². The molecule has 0 N–H and O–H groups in total. The molecule has 0 spiro atoms. The van der Waals surface area contributed by atoms with Gasteiger partial charge in [-0.25, -0.2) is 0 Å². The summed E-state index contributed by atoms with van der Waals surface area (Å²) in [4.78, 5) is 41.0. The zero-order chi connectivity index (χ0) is 13.6. The fourth-order valence-electron chi connectivity index (χ4n) is 0.875. The molecule has 0 aromatic rings. The van der Waals surface area contributed by atoms with Crippen LogP contribution in [0.4, 0.5) is 0 Å². The molecular formula is C8H6Na2O9-2. The summed E-state index contributed by atoms with van der Waals surface area (Å²) in [6.07, 6.45) is -6.66. The maximum absolute atomic E-state index is 10.4. The van der Waals surface area contributed by atoms with Crippen LogP contribution in [0.15, 0.2) is 0 Å². The predicted molar refractivity (Wildman–Crippen MR) is 37.9 cm³/mol. The smallest absolute Gasteiger partial charge is 0.550 e. The summed E-state index contributed by atoms with van der Waals surface area (Å²) in [5.74, 6) is -7.69. The molecular weight excluding hydrogens is 286 g/mol. The first-order valence-corrected chi connectivity index (χ1v) is 4.21. The molecule has 0 aliphatic heterocycles. The van der Waals surface area contributed by atoms with Gasteiger partial charge in [-0.1, -0.05) is 0 Å². The average Bonchev–Trinajstić information content (AvgIpc) is 2.13. The largest absolute Gasteiger partial charge is 1.00 e. The molecule has 0 saturated carbocycles. The second-order valence-electron chi connectivity index (χ2n) is 2.90. The zero-order valence-electron chi connectivity index (χ0n) is 10.2. The van der Waals surface area contributed by atoms with Crippen LogP contribution in [0.2, 0.25) is 0 Å². The number of carbonyl (C=O) groups is 4. The first kappa shape index (κ1) is 23.9. The van der Waals surface area contributed by atoms with Crippen molar-refractivity contribution in [3.63, 3.8) is 0 Å². The number of rotatable bonds is 8. The molecule has 0 aromatic heterocycles. The van der Waals surface area contributed by atoms with E-state index in [0.29, 0.717) is 0 Å². The SMILES string of the molecule is O=C([O-])CC(OC(CC(=O)[O-])C(=O)[O-])C(=O)[O-].[Na+].[Na+]. The molecule has 0 bridgehead atoms. The van der Waals surface area contributed by atoms with E-state index in [4.69, 9.17) is 0 Å². The Labute approximate surface area is 151 Å². The summed E-state index contributed by atoms with van der Waals surface area (Å²) in [5, 5.41) is 41.0. The Morgan fingerprint density at radius 2 is 1.00 bits per heavy atom. The molecule has 0 rings (SSSR count). The zero-order valence-corrected chi connectivity index (χ0v) is 14.2. The quantitative estimate of drug-likeness (QED) is 0.394. The van der Waals surface area contributed by atoms with Gasteiger partial charge in [0.1, 0.15) is 12.2 Å². The minimum absolute atomic E-state index is 0. The van der Waals surface area contributed by atoms with Crippen LogP contribution in [0.1, 0.15) is 12.8 Å². The Bertz CT molecular complexity index is 311. The molecule has 0 radical (unpaired) electrons. The van der Waals surface area contributed by atoms with Gasteiger partial charge in [0.15, 0.2) is 0 Å². The van der Waals surface area contributed by atoms with E-state index in [1.807, 2.05) is 0 Å². The van der Waals surface area contributed by atoms with E-state index in [-0.39, 0.29) is 59.1 Å². The van der Waals surface area contributed by atoms with Crippen LogP contribution in [0, 0.1) is 0 Å². The third-order valence-corrected chi connectivity index (χ3v) is 1.56. The minimum Gasteiger partial charge on any atom is -0.550 e. The number of hydrogen-bond acceptors (Lipinski definition) is 9. The third kappa shape index (κ3) is 11.4. The Balaban J connectivity index is -0.00000128. The van der Waals surface area contributed by atoms with Crippen LogP contribution in [0.5, 0.6) is 0 Å². The second kappa shape index (κ2) is 11.6. The Morgan fingerprint density at radius 3 is 1.16 bits per heavy atom. The first-order chi connectivity index (χ1) is 7.73. The van der Waals surface area contributed by atoms with Crippen molar-refractivity contribution < 1.29 is 103 Å². The van der Waals surface area contributed by atoms with Gasteiger partial charge < -0.3 is 44.3 Å². The molecule has 2 unspecified atom stereocenters. The summed E-state index contributed by atoms with van der Waals surface area (Å²) < 4.78 is 4.23. The van der Waals surface area contributed by atoms with E-state index >= 15 is 0 Å². The van der Waals surface area contributed by atoms with E-state index in [2.05, 4.69) is 4.74 Å². The number of carboxylic acids is 4. The maximum Gasteiger partial charge on any atom is 1.00 e. The molecule has 11 heteroatoms. The average molecular weight is 292 g/mol. The van der Waals surface area contributed by atoms with Crippen molar-refractivity contribution in [3.05, 3.63) is 0 Å². The van der Waals surface area contributed by atoms with Gasteiger partial charge in [0.2, 0.25) is 0 Å². The monoisotopic (exact) mass is 292 g/mol. The van der Waals surface area contributed by atoms with Gasteiger partial charge in [0, 0.05) is 24.8 Å². The van der Waals surface area contributed by atoms with Gasteiger partial charge in [-0.3, -0.25) is 0 Å². The van der Waals surface area contributed by atoms with Crippen LogP contribution in [0.25, 0.3) is 0 Å². The van der Waals surface area contributed by atoms with E-state index < -0.39 is 48.9 Å². The van der Waals surface area contributed by atoms with Gasteiger partial charge >= 0.3 is 59.1 Å². The fraction of sp³-hybridized carbons (Fsp3) is 0.500. The molecule has 0 saturated heterocycles. The normalized spacial score (nSPS) is 12.2. The van der Waals surface area contributed by atoms with Crippen molar-refractivity contribution in [2.24, 2.45) is 0 Å². The fourth-order valence-corrected chi connectivity index (χ4v) is 0.875. The number of aliphatic carboxylic acids is 4. The molecule has 96 valence electrons. The Kier molecular flexibility index (Phi) is 14.7. The van der Waals surface area contributed by atoms with Gasteiger partial charge in [-0.05, 0) is 0 Å². The molecule has 0 heterocycles. The van der Waals surface area contributed by atoms with Crippen LogP contribution in [0.3, 0.4) is 0 Å². The Morgan fingerprint density at radius 1 is 0.737 bits per heavy atom. The topological polar surface area (TPSA) is 170 Å². The maximum atomic E-state index is 10.4. The number of carboxylic acid groups (broad SMARTS) is 4. The van der Waals surface area contributed by atoms with Crippen LogP contribution in [-0.2, 0) is 23.9 Å². The predicted octanol–water partition coefficient (Wildman–Crippen LogP) is -12.5.